The average Bonchev–Trinajstić information content (AvgIpc) is 3.29. The van der Waals surface area contributed by atoms with Crippen molar-refractivity contribution in [1.82, 2.24) is 25.0 Å². The highest BCUT2D eigenvalue weighted by Gasteiger charge is 2.27. The molecule has 7 nitrogen and oxygen atoms in total. The van der Waals surface area contributed by atoms with Crippen molar-refractivity contribution in [3.63, 3.8) is 0 Å². The van der Waals surface area contributed by atoms with Gasteiger partial charge in [0.2, 0.25) is 5.13 Å². The Labute approximate surface area is 142 Å². The van der Waals surface area contributed by atoms with Crippen molar-refractivity contribution in [3.8, 4) is 11.3 Å². The highest BCUT2D eigenvalue weighted by molar-refractivity contribution is 7.13. The minimum Gasteiger partial charge on any atom is -0.342 e. The first-order valence-electron chi connectivity index (χ1n) is 7.82. The molecule has 4 heterocycles. The molecule has 0 spiro atoms. The van der Waals surface area contributed by atoms with E-state index in [9.17, 15) is 4.79 Å². The van der Waals surface area contributed by atoms with E-state index in [-0.39, 0.29) is 11.6 Å². The van der Waals surface area contributed by atoms with Crippen molar-refractivity contribution in [2.75, 3.05) is 11.4 Å². The monoisotopic (exact) mass is 340 g/mol. The van der Waals surface area contributed by atoms with Gasteiger partial charge in [-0.25, -0.2) is 4.68 Å². The molecule has 8 heteroatoms. The molecule has 1 saturated heterocycles. The largest absolute Gasteiger partial charge is 0.342 e. The van der Waals surface area contributed by atoms with Crippen molar-refractivity contribution in [2.45, 2.75) is 25.4 Å². The molecule has 1 atom stereocenters. The van der Waals surface area contributed by atoms with Gasteiger partial charge < -0.3 is 4.90 Å². The summed E-state index contributed by atoms with van der Waals surface area (Å²) in [5, 5.41) is 13.5. The average molecular weight is 340 g/mol. The standard InChI is InChI=1S/C16H16N6OS/c23-15-6-5-14(12-3-1-7-17-9-12)20-22(15)10-13-4-2-8-21(13)16-19-18-11-24-16/h1,3,5-7,9,11,13H,2,4,8,10H2. The van der Waals surface area contributed by atoms with Crippen LogP contribution in [0.3, 0.4) is 0 Å². The second-order valence-corrected chi connectivity index (χ2v) is 6.50. The van der Waals surface area contributed by atoms with Crippen LogP contribution in [-0.4, -0.2) is 37.5 Å². The smallest absolute Gasteiger partial charge is 0.266 e. The molecule has 0 aliphatic carbocycles. The Morgan fingerprint density at radius 2 is 2.25 bits per heavy atom. The Morgan fingerprint density at radius 1 is 1.29 bits per heavy atom. The molecular formula is C16H16N6OS. The Kier molecular flexibility index (Phi) is 4.04. The summed E-state index contributed by atoms with van der Waals surface area (Å²) in [7, 11) is 0. The van der Waals surface area contributed by atoms with Gasteiger partial charge >= 0.3 is 0 Å². The molecular weight excluding hydrogens is 324 g/mol. The number of rotatable bonds is 4. The van der Waals surface area contributed by atoms with E-state index in [1.54, 1.807) is 34.7 Å². The summed E-state index contributed by atoms with van der Waals surface area (Å²) < 4.78 is 1.55. The summed E-state index contributed by atoms with van der Waals surface area (Å²) >= 11 is 1.53. The number of nitrogens with zero attached hydrogens (tertiary/aromatic N) is 6. The molecule has 1 unspecified atom stereocenters. The van der Waals surface area contributed by atoms with Crippen molar-refractivity contribution in [2.24, 2.45) is 0 Å². The van der Waals surface area contributed by atoms with Gasteiger partial charge in [-0.2, -0.15) is 5.10 Å². The molecule has 1 aliphatic rings. The van der Waals surface area contributed by atoms with Crippen molar-refractivity contribution in [1.29, 1.82) is 0 Å². The van der Waals surface area contributed by atoms with Crippen LogP contribution in [0.1, 0.15) is 12.8 Å². The predicted molar refractivity (Wildman–Crippen MR) is 92.0 cm³/mol. The fraction of sp³-hybridized carbons (Fsp3) is 0.312. The van der Waals surface area contributed by atoms with Crippen LogP contribution in [0.4, 0.5) is 5.13 Å². The van der Waals surface area contributed by atoms with Crippen LogP contribution in [0.25, 0.3) is 11.3 Å². The third-order valence-corrected chi connectivity index (χ3v) is 4.91. The summed E-state index contributed by atoms with van der Waals surface area (Å²) in [6.07, 6.45) is 5.57. The van der Waals surface area contributed by atoms with Crippen molar-refractivity contribution >= 4 is 16.5 Å². The zero-order valence-electron chi connectivity index (χ0n) is 12.9. The molecule has 4 rings (SSSR count). The first kappa shape index (κ1) is 14.9. The SMILES string of the molecule is O=c1ccc(-c2cccnc2)nn1CC1CCCN1c1nncs1. The van der Waals surface area contributed by atoms with Crippen LogP contribution in [0.5, 0.6) is 0 Å². The molecule has 0 N–H and O–H groups in total. The lowest BCUT2D eigenvalue weighted by molar-refractivity contribution is 0.489. The normalized spacial score (nSPS) is 17.3. The molecule has 3 aromatic rings. The fourth-order valence-electron chi connectivity index (χ4n) is 3.02. The second kappa shape index (κ2) is 6.48. The van der Waals surface area contributed by atoms with Crippen LogP contribution in [0, 0.1) is 0 Å². The van der Waals surface area contributed by atoms with Gasteiger partial charge in [0, 0.05) is 30.6 Å². The summed E-state index contributed by atoms with van der Waals surface area (Å²) in [6.45, 7) is 1.49. The minimum absolute atomic E-state index is 0.0910. The van der Waals surface area contributed by atoms with E-state index < -0.39 is 0 Å². The van der Waals surface area contributed by atoms with E-state index in [0.717, 1.165) is 35.8 Å². The molecule has 0 radical (unpaired) electrons. The fourth-order valence-corrected chi connectivity index (χ4v) is 3.68. The summed E-state index contributed by atoms with van der Waals surface area (Å²) in [5.41, 5.74) is 3.30. The van der Waals surface area contributed by atoms with Gasteiger partial charge in [0.25, 0.3) is 5.56 Å². The zero-order valence-corrected chi connectivity index (χ0v) is 13.8. The number of aromatic nitrogens is 5. The molecule has 0 aromatic carbocycles. The highest BCUT2D eigenvalue weighted by Crippen LogP contribution is 2.27. The van der Waals surface area contributed by atoms with Gasteiger partial charge in [-0.3, -0.25) is 9.78 Å². The molecule has 122 valence electrons. The van der Waals surface area contributed by atoms with E-state index in [0.29, 0.717) is 6.54 Å². The third kappa shape index (κ3) is 2.92. The quantitative estimate of drug-likeness (QED) is 0.721. The van der Waals surface area contributed by atoms with E-state index >= 15 is 0 Å². The maximum absolute atomic E-state index is 12.2. The number of hydrogen-bond donors (Lipinski definition) is 0. The Hall–Kier alpha value is -2.61. The number of hydrogen-bond acceptors (Lipinski definition) is 7. The summed E-state index contributed by atoms with van der Waals surface area (Å²) in [5.74, 6) is 0. The first-order chi connectivity index (χ1) is 11.8. The van der Waals surface area contributed by atoms with Crippen LogP contribution >= 0.6 is 11.3 Å². The maximum atomic E-state index is 12.2. The van der Waals surface area contributed by atoms with Gasteiger partial charge in [0.1, 0.15) is 5.51 Å². The lowest BCUT2D eigenvalue weighted by atomic mass is 10.2. The first-order valence-corrected chi connectivity index (χ1v) is 8.70. The lowest BCUT2D eigenvalue weighted by Gasteiger charge is -2.23. The van der Waals surface area contributed by atoms with Gasteiger partial charge in [-0.15, -0.1) is 10.2 Å². The zero-order chi connectivity index (χ0) is 16.4. The molecule has 0 saturated carbocycles. The van der Waals surface area contributed by atoms with Crippen molar-refractivity contribution < 1.29 is 0 Å². The number of anilines is 1. The van der Waals surface area contributed by atoms with Gasteiger partial charge in [0.05, 0.1) is 18.3 Å². The second-order valence-electron chi connectivity index (χ2n) is 5.69. The molecule has 0 bridgehead atoms. The van der Waals surface area contributed by atoms with Crippen LogP contribution in [0.15, 0.2) is 47.0 Å². The van der Waals surface area contributed by atoms with Crippen LogP contribution < -0.4 is 10.5 Å². The summed E-state index contributed by atoms with van der Waals surface area (Å²) in [4.78, 5) is 18.6. The van der Waals surface area contributed by atoms with Gasteiger partial charge in [0.15, 0.2) is 0 Å². The van der Waals surface area contributed by atoms with E-state index in [4.69, 9.17) is 0 Å². The molecule has 0 amide bonds. The Morgan fingerprint density at radius 3 is 3.04 bits per heavy atom. The minimum atomic E-state index is -0.0910. The summed E-state index contributed by atoms with van der Waals surface area (Å²) in [6, 6.07) is 7.33. The molecule has 1 fully saturated rings. The molecule has 3 aromatic heterocycles. The third-order valence-electron chi connectivity index (χ3n) is 4.18. The van der Waals surface area contributed by atoms with Gasteiger partial charge in [-0.1, -0.05) is 11.3 Å². The van der Waals surface area contributed by atoms with Crippen LogP contribution in [0.2, 0.25) is 0 Å². The van der Waals surface area contributed by atoms with E-state index in [2.05, 4.69) is 25.2 Å². The van der Waals surface area contributed by atoms with E-state index in [1.165, 1.54) is 11.3 Å². The van der Waals surface area contributed by atoms with Crippen molar-refractivity contribution in [3.05, 3.63) is 52.5 Å². The van der Waals surface area contributed by atoms with Crippen LogP contribution in [-0.2, 0) is 6.54 Å². The lowest BCUT2D eigenvalue weighted by Crippen LogP contribution is -2.37. The molecule has 1 aliphatic heterocycles. The molecule has 24 heavy (non-hydrogen) atoms. The Balaban J connectivity index is 1.61. The van der Waals surface area contributed by atoms with Gasteiger partial charge in [-0.05, 0) is 31.0 Å². The number of pyridine rings is 1. The van der Waals surface area contributed by atoms with E-state index in [1.807, 2.05) is 12.1 Å². The Bertz CT molecular complexity index is 864. The predicted octanol–water partition coefficient (Wildman–Crippen LogP) is 1.83. The highest BCUT2D eigenvalue weighted by atomic mass is 32.1. The maximum Gasteiger partial charge on any atom is 0.266 e. The topological polar surface area (TPSA) is 76.8 Å².